The first-order valence-corrected chi connectivity index (χ1v) is 10.4. The number of rotatable bonds is 8. The second-order valence-corrected chi connectivity index (χ2v) is 8.22. The number of benzene rings is 1. The molecule has 0 radical (unpaired) electrons. The molecule has 2 heterocycles. The van der Waals surface area contributed by atoms with Crippen molar-refractivity contribution in [1.29, 1.82) is 0 Å². The molecule has 0 bridgehead atoms. The van der Waals surface area contributed by atoms with E-state index in [9.17, 15) is 8.42 Å². The van der Waals surface area contributed by atoms with Crippen LogP contribution >= 0.6 is 0 Å². The van der Waals surface area contributed by atoms with Crippen LogP contribution in [0.4, 0.5) is 0 Å². The molecule has 1 aliphatic heterocycles. The first-order chi connectivity index (χ1) is 12.6. The maximum absolute atomic E-state index is 12.5. The molecule has 1 aromatic carbocycles. The maximum atomic E-state index is 12.5. The Balaban J connectivity index is 1.38. The number of hydrogen-bond acceptors (Lipinski definition) is 5. The third kappa shape index (κ3) is 5.52. The van der Waals surface area contributed by atoms with E-state index < -0.39 is 10.0 Å². The predicted octanol–water partition coefficient (Wildman–Crippen LogP) is 2.47. The molecule has 7 heteroatoms. The van der Waals surface area contributed by atoms with Crippen molar-refractivity contribution in [1.82, 2.24) is 9.29 Å². The summed E-state index contributed by atoms with van der Waals surface area (Å²) < 4.78 is 38.0. The van der Waals surface area contributed by atoms with Gasteiger partial charge in [-0.05, 0) is 30.5 Å². The summed E-state index contributed by atoms with van der Waals surface area (Å²) in [4.78, 5) is 3.99. The minimum atomic E-state index is -3.27. The lowest BCUT2D eigenvalue weighted by Gasteiger charge is -2.31. The van der Waals surface area contributed by atoms with Gasteiger partial charge in [0.15, 0.2) is 0 Å². The van der Waals surface area contributed by atoms with E-state index in [2.05, 4.69) is 4.98 Å². The Bertz CT molecular complexity index is 761. The second kappa shape index (κ2) is 9.12. The largest absolute Gasteiger partial charge is 0.490 e. The lowest BCUT2D eigenvalue weighted by Crippen LogP contribution is -2.41. The zero-order valence-corrected chi connectivity index (χ0v) is 15.5. The summed E-state index contributed by atoms with van der Waals surface area (Å²) in [5, 5.41) is 0. The summed E-state index contributed by atoms with van der Waals surface area (Å²) in [6.07, 6.45) is 4.86. The SMILES string of the molecule is O=S(=O)(Cc1ccccc1)N1CCC(OCCOc2cccnc2)CC1. The minimum absolute atomic E-state index is 0.0539. The van der Waals surface area contributed by atoms with Gasteiger partial charge in [0, 0.05) is 19.3 Å². The van der Waals surface area contributed by atoms with Crippen LogP contribution in [-0.2, 0) is 20.5 Å². The van der Waals surface area contributed by atoms with Crippen LogP contribution < -0.4 is 4.74 Å². The van der Waals surface area contributed by atoms with Gasteiger partial charge in [-0.25, -0.2) is 12.7 Å². The standard InChI is InChI=1S/C19H24N2O4S/c22-26(23,16-17-5-2-1-3-6-17)21-11-8-18(9-12-21)24-13-14-25-19-7-4-10-20-15-19/h1-7,10,15,18H,8-9,11-14,16H2. The highest BCUT2D eigenvalue weighted by molar-refractivity contribution is 7.88. The molecule has 6 nitrogen and oxygen atoms in total. The van der Waals surface area contributed by atoms with Gasteiger partial charge in [-0.3, -0.25) is 4.98 Å². The van der Waals surface area contributed by atoms with E-state index in [1.54, 1.807) is 16.7 Å². The number of hydrogen-bond donors (Lipinski definition) is 0. The number of aromatic nitrogens is 1. The molecule has 0 aliphatic carbocycles. The van der Waals surface area contributed by atoms with E-state index >= 15 is 0 Å². The van der Waals surface area contributed by atoms with Crippen molar-refractivity contribution in [3.05, 3.63) is 60.4 Å². The molecule has 0 atom stereocenters. The van der Waals surface area contributed by atoms with Crippen molar-refractivity contribution in [2.75, 3.05) is 26.3 Å². The van der Waals surface area contributed by atoms with Gasteiger partial charge in [0.1, 0.15) is 12.4 Å². The van der Waals surface area contributed by atoms with Crippen LogP contribution in [0.1, 0.15) is 18.4 Å². The fraction of sp³-hybridized carbons (Fsp3) is 0.421. The zero-order chi connectivity index (χ0) is 18.2. The van der Waals surface area contributed by atoms with Crippen LogP contribution in [0.2, 0.25) is 0 Å². The predicted molar refractivity (Wildman–Crippen MR) is 99.3 cm³/mol. The van der Waals surface area contributed by atoms with Gasteiger partial charge < -0.3 is 9.47 Å². The molecule has 140 valence electrons. The highest BCUT2D eigenvalue weighted by Crippen LogP contribution is 2.19. The van der Waals surface area contributed by atoms with Gasteiger partial charge in [-0.1, -0.05) is 30.3 Å². The smallest absolute Gasteiger partial charge is 0.218 e. The van der Waals surface area contributed by atoms with Gasteiger partial charge in [0.2, 0.25) is 10.0 Å². The molecule has 0 N–H and O–H groups in total. The Kier molecular flexibility index (Phi) is 6.60. The summed E-state index contributed by atoms with van der Waals surface area (Å²) in [5.74, 6) is 0.774. The molecule has 26 heavy (non-hydrogen) atoms. The number of ether oxygens (including phenoxy) is 2. The normalized spacial score (nSPS) is 16.5. The fourth-order valence-corrected chi connectivity index (χ4v) is 4.52. The van der Waals surface area contributed by atoms with Crippen molar-refractivity contribution in [2.45, 2.75) is 24.7 Å². The quantitative estimate of drug-likeness (QED) is 0.662. The molecule has 1 aliphatic rings. The van der Waals surface area contributed by atoms with E-state index in [1.807, 2.05) is 42.5 Å². The topological polar surface area (TPSA) is 68.7 Å². The number of pyridine rings is 1. The van der Waals surface area contributed by atoms with E-state index in [4.69, 9.17) is 9.47 Å². The third-order valence-electron chi connectivity index (χ3n) is 4.33. The molecule has 0 saturated carbocycles. The van der Waals surface area contributed by atoms with E-state index in [0.717, 1.165) is 11.3 Å². The second-order valence-electron chi connectivity index (χ2n) is 6.25. The average Bonchev–Trinajstić information content (AvgIpc) is 2.67. The summed E-state index contributed by atoms with van der Waals surface area (Å²) in [5.41, 5.74) is 0.818. The molecule has 0 spiro atoms. The molecule has 0 amide bonds. The first-order valence-electron chi connectivity index (χ1n) is 8.80. The molecule has 3 rings (SSSR count). The van der Waals surface area contributed by atoms with Crippen LogP contribution in [0.3, 0.4) is 0 Å². The summed E-state index contributed by atoms with van der Waals surface area (Å²) in [6.45, 7) is 1.95. The fourth-order valence-electron chi connectivity index (χ4n) is 2.96. The highest BCUT2D eigenvalue weighted by atomic mass is 32.2. The van der Waals surface area contributed by atoms with Gasteiger partial charge in [-0.15, -0.1) is 0 Å². The van der Waals surface area contributed by atoms with Crippen molar-refractivity contribution in [2.24, 2.45) is 0 Å². The summed E-state index contributed by atoms with van der Waals surface area (Å²) >= 11 is 0. The van der Waals surface area contributed by atoms with Crippen LogP contribution in [0, 0.1) is 0 Å². The zero-order valence-electron chi connectivity index (χ0n) is 14.7. The van der Waals surface area contributed by atoms with Crippen molar-refractivity contribution in [3.8, 4) is 5.75 Å². The van der Waals surface area contributed by atoms with Gasteiger partial charge >= 0.3 is 0 Å². The lowest BCUT2D eigenvalue weighted by molar-refractivity contribution is 0.00695. The molecular weight excluding hydrogens is 352 g/mol. The monoisotopic (exact) mass is 376 g/mol. The van der Waals surface area contributed by atoms with Gasteiger partial charge in [0.25, 0.3) is 0 Å². The van der Waals surface area contributed by atoms with Crippen LogP contribution in [-0.4, -0.2) is 50.1 Å². The molecule has 2 aromatic rings. The Morgan fingerprint density at radius 2 is 1.81 bits per heavy atom. The minimum Gasteiger partial charge on any atom is -0.490 e. The molecule has 1 saturated heterocycles. The van der Waals surface area contributed by atoms with Gasteiger partial charge in [-0.2, -0.15) is 0 Å². The van der Waals surface area contributed by atoms with E-state index in [0.29, 0.717) is 39.1 Å². The van der Waals surface area contributed by atoms with E-state index in [-0.39, 0.29) is 11.9 Å². The van der Waals surface area contributed by atoms with Crippen molar-refractivity contribution >= 4 is 10.0 Å². The van der Waals surface area contributed by atoms with Crippen LogP contribution in [0.15, 0.2) is 54.9 Å². The Hall–Kier alpha value is -1.96. The van der Waals surface area contributed by atoms with Crippen LogP contribution in [0.25, 0.3) is 0 Å². The molecule has 1 fully saturated rings. The lowest BCUT2D eigenvalue weighted by atomic mass is 10.1. The first kappa shape index (κ1) is 18.8. The Morgan fingerprint density at radius 3 is 2.50 bits per heavy atom. The average molecular weight is 376 g/mol. The molecular formula is C19H24N2O4S. The third-order valence-corrected chi connectivity index (χ3v) is 6.18. The summed E-state index contributed by atoms with van der Waals surface area (Å²) in [7, 11) is -3.27. The van der Waals surface area contributed by atoms with Gasteiger partial charge in [0.05, 0.1) is 24.7 Å². The molecule has 0 unspecified atom stereocenters. The van der Waals surface area contributed by atoms with Crippen molar-refractivity contribution < 1.29 is 17.9 Å². The highest BCUT2D eigenvalue weighted by Gasteiger charge is 2.28. The number of nitrogens with zero attached hydrogens (tertiary/aromatic N) is 2. The maximum Gasteiger partial charge on any atom is 0.218 e. The Labute approximate surface area is 154 Å². The Morgan fingerprint density at radius 1 is 1.04 bits per heavy atom. The number of sulfonamides is 1. The summed E-state index contributed by atoms with van der Waals surface area (Å²) in [6, 6.07) is 13.0. The molecule has 1 aromatic heterocycles. The van der Waals surface area contributed by atoms with Crippen molar-refractivity contribution in [3.63, 3.8) is 0 Å². The number of piperidine rings is 1. The van der Waals surface area contributed by atoms with Crippen LogP contribution in [0.5, 0.6) is 5.75 Å². The van der Waals surface area contributed by atoms with E-state index in [1.165, 1.54) is 0 Å².